The van der Waals surface area contributed by atoms with E-state index in [1.807, 2.05) is 12.1 Å². The molecule has 0 amide bonds. The second kappa shape index (κ2) is 3.21. The third-order valence-electron chi connectivity index (χ3n) is 3.00. The number of rotatable bonds is 0. The lowest BCUT2D eigenvalue weighted by Crippen LogP contribution is -2.36. The molecule has 1 aromatic rings. The minimum absolute atomic E-state index is 0.204. The zero-order valence-electron chi connectivity index (χ0n) is 8.23. The van der Waals surface area contributed by atoms with Crippen molar-refractivity contribution in [1.29, 1.82) is 5.26 Å². The molecule has 0 unspecified atom stereocenters. The van der Waals surface area contributed by atoms with Gasteiger partial charge in [-0.05, 0) is 31.5 Å². The molecule has 4 heteroatoms. The Hall–Kier alpha value is -1.60. The number of hydrogen-bond donors (Lipinski definition) is 1. The number of nitriles is 1. The van der Waals surface area contributed by atoms with E-state index in [2.05, 4.69) is 10.3 Å². The third-order valence-corrected chi connectivity index (χ3v) is 3.00. The fourth-order valence-corrected chi connectivity index (χ4v) is 2.28. The van der Waals surface area contributed by atoms with E-state index >= 15 is 0 Å². The molecule has 3 heterocycles. The number of aromatic nitrogens is 1. The van der Waals surface area contributed by atoms with Crippen molar-refractivity contribution < 1.29 is 4.74 Å². The maximum Gasteiger partial charge on any atom is 0.219 e. The number of nitrogens with one attached hydrogen (secondary N) is 1. The molecule has 76 valence electrons. The molecule has 4 nitrogen and oxygen atoms in total. The Morgan fingerprint density at radius 3 is 3.33 bits per heavy atom. The largest absolute Gasteiger partial charge is 0.472 e. The predicted molar refractivity (Wildman–Crippen MR) is 53.3 cm³/mol. The standard InChI is InChI=1S/C11H11N3O/c12-6-7-3-4-8-10-9(2-1-5-13-10)15-11(8)14-7/h3-4,9-10,13H,1-2,5H2/t9-,10-/m0/s1. The van der Waals surface area contributed by atoms with Crippen molar-refractivity contribution in [2.45, 2.75) is 25.0 Å². The Kier molecular flexibility index (Phi) is 1.86. The van der Waals surface area contributed by atoms with Gasteiger partial charge in [0.25, 0.3) is 0 Å². The molecule has 15 heavy (non-hydrogen) atoms. The van der Waals surface area contributed by atoms with Gasteiger partial charge in [-0.3, -0.25) is 0 Å². The van der Waals surface area contributed by atoms with Crippen molar-refractivity contribution in [3.8, 4) is 11.9 Å². The summed E-state index contributed by atoms with van der Waals surface area (Å²) in [6.45, 7) is 1.03. The van der Waals surface area contributed by atoms with Gasteiger partial charge in [0.15, 0.2) is 0 Å². The number of fused-ring (bicyclic) bond motifs is 3. The van der Waals surface area contributed by atoms with Crippen molar-refractivity contribution in [2.24, 2.45) is 0 Å². The molecule has 3 rings (SSSR count). The van der Waals surface area contributed by atoms with Crippen LogP contribution < -0.4 is 10.1 Å². The van der Waals surface area contributed by atoms with Crippen LogP contribution in [-0.4, -0.2) is 17.6 Å². The lowest BCUT2D eigenvalue weighted by Gasteiger charge is -2.24. The Morgan fingerprint density at radius 2 is 2.47 bits per heavy atom. The summed E-state index contributed by atoms with van der Waals surface area (Å²) in [5.74, 6) is 0.637. The minimum Gasteiger partial charge on any atom is -0.472 e. The zero-order valence-corrected chi connectivity index (χ0v) is 8.23. The smallest absolute Gasteiger partial charge is 0.219 e. The summed E-state index contributed by atoms with van der Waals surface area (Å²) in [6.07, 6.45) is 2.41. The molecular weight excluding hydrogens is 190 g/mol. The number of hydrogen-bond acceptors (Lipinski definition) is 4. The topological polar surface area (TPSA) is 57.9 Å². The van der Waals surface area contributed by atoms with Crippen LogP contribution in [0.25, 0.3) is 0 Å². The van der Waals surface area contributed by atoms with E-state index < -0.39 is 0 Å². The fraction of sp³-hybridized carbons (Fsp3) is 0.455. The number of piperidine rings is 1. The molecule has 0 radical (unpaired) electrons. The molecule has 0 spiro atoms. The molecule has 1 N–H and O–H groups in total. The van der Waals surface area contributed by atoms with Gasteiger partial charge in [-0.1, -0.05) is 0 Å². The molecule has 0 aliphatic carbocycles. The highest BCUT2D eigenvalue weighted by Gasteiger charge is 2.36. The lowest BCUT2D eigenvalue weighted by atomic mass is 9.98. The summed E-state index contributed by atoms with van der Waals surface area (Å²) in [5.41, 5.74) is 1.52. The van der Waals surface area contributed by atoms with Crippen LogP contribution in [0.5, 0.6) is 5.88 Å². The molecule has 1 fully saturated rings. The highest BCUT2D eigenvalue weighted by molar-refractivity contribution is 5.39. The van der Waals surface area contributed by atoms with Crippen LogP contribution in [0.1, 0.15) is 30.1 Å². The van der Waals surface area contributed by atoms with Crippen LogP contribution in [0.3, 0.4) is 0 Å². The van der Waals surface area contributed by atoms with Gasteiger partial charge in [-0.25, -0.2) is 4.98 Å². The zero-order chi connectivity index (χ0) is 10.3. The van der Waals surface area contributed by atoms with E-state index in [0.717, 1.165) is 24.9 Å². The second-order valence-electron chi connectivity index (χ2n) is 3.93. The number of pyridine rings is 1. The predicted octanol–water partition coefficient (Wildman–Crippen LogP) is 1.14. The van der Waals surface area contributed by atoms with Gasteiger partial charge in [-0.2, -0.15) is 5.26 Å². The molecule has 2 aliphatic heterocycles. The van der Waals surface area contributed by atoms with E-state index in [9.17, 15) is 0 Å². The van der Waals surface area contributed by atoms with Gasteiger partial charge in [-0.15, -0.1) is 0 Å². The minimum atomic E-state index is 0.204. The summed E-state index contributed by atoms with van der Waals surface area (Å²) in [6, 6.07) is 6.00. The lowest BCUT2D eigenvalue weighted by molar-refractivity contribution is 0.150. The van der Waals surface area contributed by atoms with Crippen LogP contribution in [0, 0.1) is 11.3 Å². The first-order chi connectivity index (χ1) is 7.38. The first-order valence-corrected chi connectivity index (χ1v) is 5.19. The van der Waals surface area contributed by atoms with Gasteiger partial charge < -0.3 is 10.1 Å². The third kappa shape index (κ3) is 1.28. The van der Waals surface area contributed by atoms with E-state index in [4.69, 9.17) is 10.00 Å². The van der Waals surface area contributed by atoms with Gasteiger partial charge in [0, 0.05) is 5.56 Å². The molecule has 0 aromatic carbocycles. The number of ether oxygens (including phenoxy) is 1. The second-order valence-corrected chi connectivity index (χ2v) is 3.93. The Balaban J connectivity index is 2.01. The van der Waals surface area contributed by atoms with Crippen LogP contribution in [-0.2, 0) is 0 Å². The molecule has 1 saturated heterocycles. The fourth-order valence-electron chi connectivity index (χ4n) is 2.28. The van der Waals surface area contributed by atoms with Crippen molar-refractivity contribution in [2.75, 3.05) is 6.54 Å². The van der Waals surface area contributed by atoms with Gasteiger partial charge in [0.1, 0.15) is 17.9 Å². The summed E-state index contributed by atoms with van der Waals surface area (Å²) < 4.78 is 5.73. The van der Waals surface area contributed by atoms with Gasteiger partial charge >= 0.3 is 0 Å². The maximum absolute atomic E-state index is 8.74. The van der Waals surface area contributed by atoms with E-state index in [0.29, 0.717) is 11.6 Å². The average Bonchev–Trinajstić information content (AvgIpc) is 2.66. The first-order valence-electron chi connectivity index (χ1n) is 5.19. The molecular formula is C11H11N3O. The summed E-state index contributed by atoms with van der Waals surface area (Å²) in [4.78, 5) is 4.17. The van der Waals surface area contributed by atoms with E-state index in [1.165, 1.54) is 0 Å². The Labute approximate surface area is 87.9 Å². The quantitative estimate of drug-likeness (QED) is 0.683. The highest BCUT2D eigenvalue weighted by atomic mass is 16.5. The van der Waals surface area contributed by atoms with Gasteiger partial charge in [0.05, 0.1) is 6.04 Å². The van der Waals surface area contributed by atoms with Crippen LogP contribution >= 0.6 is 0 Å². The first kappa shape index (κ1) is 8.69. The normalized spacial score (nSPS) is 27.4. The van der Waals surface area contributed by atoms with Crippen molar-refractivity contribution >= 4 is 0 Å². The van der Waals surface area contributed by atoms with Crippen LogP contribution in [0.2, 0.25) is 0 Å². The number of nitrogens with zero attached hydrogens (tertiary/aromatic N) is 2. The molecule has 2 atom stereocenters. The highest BCUT2D eigenvalue weighted by Crippen LogP contribution is 2.38. The van der Waals surface area contributed by atoms with Gasteiger partial charge in [0.2, 0.25) is 5.88 Å². The van der Waals surface area contributed by atoms with Crippen LogP contribution in [0.15, 0.2) is 12.1 Å². The SMILES string of the molecule is N#Cc1ccc2c(n1)O[C@H]1CCCN[C@@H]21. The van der Waals surface area contributed by atoms with E-state index in [1.54, 1.807) is 6.07 Å². The van der Waals surface area contributed by atoms with Crippen LogP contribution in [0.4, 0.5) is 0 Å². The Bertz CT molecular complexity index is 438. The monoisotopic (exact) mass is 201 g/mol. The molecule has 0 saturated carbocycles. The molecule has 2 aliphatic rings. The maximum atomic E-state index is 8.74. The summed E-state index contributed by atoms with van der Waals surface area (Å²) in [7, 11) is 0. The molecule has 0 bridgehead atoms. The van der Waals surface area contributed by atoms with E-state index in [-0.39, 0.29) is 12.1 Å². The van der Waals surface area contributed by atoms with Crippen molar-refractivity contribution in [3.63, 3.8) is 0 Å². The van der Waals surface area contributed by atoms with Crippen molar-refractivity contribution in [3.05, 3.63) is 23.4 Å². The Morgan fingerprint density at radius 1 is 1.53 bits per heavy atom. The summed E-state index contributed by atoms with van der Waals surface area (Å²) >= 11 is 0. The average molecular weight is 201 g/mol. The summed E-state index contributed by atoms with van der Waals surface area (Å²) in [5, 5.41) is 12.2. The molecule has 1 aromatic heterocycles. The van der Waals surface area contributed by atoms with Crippen molar-refractivity contribution in [1.82, 2.24) is 10.3 Å².